The van der Waals surface area contributed by atoms with Crippen molar-refractivity contribution in [1.29, 1.82) is 5.26 Å². The molecule has 0 saturated carbocycles. The van der Waals surface area contributed by atoms with E-state index >= 15 is 0 Å². The fourth-order valence-corrected chi connectivity index (χ4v) is 2.50. The molecule has 0 aliphatic carbocycles. The Bertz CT molecular complexity index is 643. The van der Waals surface area contributed by atoms with Gasteiger partial charge in [-0.05, 0) is 31.2 Å². The summed E-state index contributed by atoms with van der Waals surface area (Å²) in [6, 6.07) is 11.4. The molecule has 0 unspecified atom stereocenters. The van der Waals surface area contributed by atoms with Crippen LogP contribution in [0.5, 0.6) is 0 Å². The summed E-state index contributed by atoms with van der Waals surface area (Å²) in [4.78, 5) is 12.8. The highest BCUT2D eigenvalue weighted by atomic mass is 32.1. The summed E-state index contributed by atoms with van der Waals surface area (Å²) < 4.78 is 0. The first-order valence-corrected chi connectivity index (χ1v) is 7.20. The molecule has 5 heteroatoms. The second-order valence-electron chi connectivity index (χ2n) is 4.21. The quantitative estimate of drug-likeness (QED) is 0.887. The first-order chi connectivity index (χ1) is 9.72. The van der Waals surface area contributed by atoms with Gasteiger partial charge in [0.2, 0.25) is 0 Å². The number of benzene rings is 1. The summed E-state index contributed by atoms with van der Waals surface area (Å²) in [5.41, 5.74) is 2.21. The van der Waals surface area contributed by atoms with Gasteiger partial charge >= 0.3 is 0 Å². The van der Waals surface area contributed by atoms with Crippen LogP contribution >= 0.6 is 11.3 Å². The van der Waals surface area contributed by atoms with E-state index in [1.54, 1.807) is 17.4 Å². The van der Waals surface area contributed by atoms with Gasteiger partial charge in [0.1, 0.15) is 6.07 Å². The Kier molecular flexibility index (Phi) is 4.75. The van der Waals surface area contributed by atoms with Crippen LogP contribution in [0.4, 0.5) is 5.69 Å². The van der Waals surface area contributed by atoms with Gasteiger partial charge in [0, 0.05) is 34.6 Å². The number of nitrogens with zero attached hydrogens (tertiary/aromatic N) is 1. The van der Waals surface area contributed by atoms with Crippen molar-refractivity contribution in [2.24, 2.45) is 0 Å². The molecular formula is C15H15N3OS. The van der Waals surface area contributed by atoms with Gasteiger partial charge in [-0.25, -0.2) is 0 Å². The number of amides is 1. The molecule has 0 bridgehead atoms. The Hall–Kier alpha value is -2.32. The van der Waals surface area contributed by atoms with E-state index in [-0.39, 0.29) is 5.91 Å². The first kappa shape index (κ1) is 14.1. The predicted molar refractivity (Wildman–Crippen MR) is 80.8 cm³/mol. The van der Waals surface area contributed by atoms with Gasteiger partial charge in [0.25, 0.3) is 5.91 Å². The van der Waals surface area contributed by atoms with Gasteiger partial charge in [0.05, 0.1) is 5.56 Å². The molecule has 1 aromatic heterocycles. The maximum absolute atomic E-state index is 11.7. The van der Waals surface area contributed by atoms with Gasteiger partial charge in [0.15, 0.2) is 0 Å². The van der Waals surface area contributed by atoms with Crippen molar-refractivity contribution in [3.05, 3.63) is 51.7 Å². The molecule has 0 aliphatic heterocycles. The Morgan fingerprint density at radius 2 is 2.25 bits per heavy atom. The lowest BCUT2D eigenvalue weighted by Crippen LogP contribution is -2.22. The number of anilines is 1. The number of carbonyl (C=O) groups is 1. The number of hydrogen-bond donors (Lipinski definition) is 2. The normalized spacial score (nSPS) is 9.80. The van der Waals surface area contributed by atoms with Gasteiger partial charge < -0.3 is 10.6 Å². The molecule has 2 N–H and O–H groups in total. The zero-order valence-electron chi connectivity index (χ0n) is 11.1. The Balaban J connectivity index is 2.01. The highest BCUT2D eigenvalue weighted by molar-refractivity contribution is 7.10. The van der Waals surface area contributed by atoms with Crippen molar-refractivity contribution in [3.8, 4) is 6.07 Å². The zero-order valence-corrected chi connectivity index (χ0v) is 12.0. The van der Waals surface area contributed by atoms with Crippen molar-refractivity contribution >= 4 is 22.9 Å². The molecule has 4 nitrogen and oxygen atoms in total. The maximum Gasteiger partial charge on any atom is 0.251 e. The average molecular weight is 285 g/mol. The van der Waals surface area contributed by atoms with Crippen molar-refractivity contribution in [2.75, 3.05) is 11.9 Å². The fraction of sp³-hybridized carbons (Fsp3) is 0.200. The van der Waals surface area contributed by atoms with Crippen LogP contribution in [0.3, 0.4) is 0 Å². The van der Waals surface area contributed by atoms with E-state index in [0.717, 1.165) is 10.6 Å². The number of nitriles is 1. The number of rotatable bonds is 5. The average Bonchev–Trinajstić information content (AvgIpc) is 2.94. The van der Waals surface area contributed by atoms with Crippen LogP contribution in [-0.4, -0.2) is 12.5 Å². The third kappa shape index (κ3) is 3.59. The molecule has 0 aliphatic rings. The highest BCUT2D eigenvalue weighted by Crippen LogP contribution is 2.17. The van der Waals surface area contributed by atoms with E-state index in [1.165, 1.54) is 0 Å². The van der Waals surface area contributed by atoms with E-state index < -0.39 is 0 Å². The minimum Gasteiger partial charge on any atom is -0.380 e. The zero-order chi connectivity index (χ0) is 14.4. The van der Waals surface area contributed by atoms with Crippen molar-refractivity contribution < 1.29 is 4.79 Å². The molecule has 2 rings (SSSR count). The van der Waals surface area contributed by atoms with Gasteiger partial charge in [-0.15, -0.1) is 11.3 Å². The Labute approximate surface area is 122 Å². The van der Waals surface area contributed by atoms with Crippen LogP contribution in [0, 0.1) is 11.3 Å². The van der Waals surface area contributed by atoms with Gasteiger partial charge in [-0.1, -0.05) is 6.07 Å². The maximum atomic E-state index is 11.7. The van der Waals surface area contributed by atoms with Gasteiger partial charge in [-0.2, -0.15) is 5.26 Å². The smallest absolute Gasteiger partial charge is 0.251 e. The van der Waals surface area contributed by atoms with E-state index in [1.807, 2.05) is 36.6 Å². The van der Waals surface area contributed by atoms with Gasteiger partial charge in [-0.3, -0.25) is 4.79 Å². The number of carbonyl (C=O) groups excluding carboxylic acids is 1. The number of nitrogens with one attached hydrogen (secondary N) is 2. The van der Waals surface area contributed by atoms with Crippen LogP contribution < -0.4 is 10.6 Å². The fourth-order valence-electron chi connectivity index (χ4n) is 1.75. The van der Waals surface area contributed by atoms with E-state index in [0.29, 0.717) is 24.2 Å². The highest BCUT2D eigenvalue weighted by Gasteiger charge is 2.05. The van der Waals surface area contributed by atoms with E-state index in [4.69, 9.17) is 5.26 Å². The van der Waals surface area contributed by atoms with Crippen molar-refractivity contribution in [1.82, 2.24) is 5.32 Å². The monoisotopic (exact) mass is 285 g/mol. The minimum absolute atomic E-state index is 0.0703. The topological polar surface area (TPSA) is 64.9 Å². The van der Waals surface area contributed by atoms with Crippen LogP contribution in [-0.2, 0) is 6.54 Å². The molecule has 1 aromatic carbocycles. The predicted octanol–water partition coefficient (Wildman–Crippen LogP) is 2.98. The molecule has 0 atom stereocenters. The second-order valence-corrected chi connectivity index (χ2v) is 5.20. The summed E-state index contributed by atoms with van der Waals surface area (Å²) in [5, 5.41) is 16.6. The van der Waals surface area contributed by atoms with Crippen LogP contribution in [0.2, 0.25) is 0 Å². The third-order valence-electron chi connectivity index (χ3n) is 2.71. The van der Waals surface area contributed by atoms with E-state index in [9.17, 15) is 4.79 Å². The molecule has 0 radical (unpaired) electrons. The summed E-state index contributed by atoms with van der Waals surface area (Å²) >= 11 is 1.55. The molecule has 102 valence electrons. The minimum atomic E-state index is -0.0703. The molecule has 1 heterocycles. The summed E-state index contributed by atoms with van der Waals surface area (Å²) in [7, 11) is 0. The summed E-state index contributed by atoms with van der Waals surface area (Å²) in [6.07, 6.45) is 0. The molecule has 2 aromatic rings. The van der Waals surface area contributed by atoms with Crippen LogP contribution in [0.25, 0.3) is 0 Å². The molecule has 0 spiro atoms. The second kappa shape index (κ2) is 6.73. The molecular weight excluding hydrogens is 270 g/mol. The lowest BCUT2D eigenvalue weighted by molar-refractivity contribution is 0.0956. The summed E-state index contributed by atoms with van der Waals surface area (Å²) in [5.74, 6) is -0.0703. The molecule has 0 saturated heterocycles. The third-order valence-corrected chi connectivity index (χ3v) is 3.65. The van der Waals surface area contributed by atoms with Crippen molar-refractivity contribution in [3.63, 3.8) is 0 Å². The number of hydrogen-bond acceptors (Lipinski definition) is 4. The number of thiophene rings is 1. The Morgan fingerprint density at radius 3 is 2.95 bits per heavy atom. The van der Waals surface area contributed by atoms with E-state index in [2.05, 4.69) is 16.7 Å². The lowest BCUT2D eigenvalue weighted by atomic mass is 10.2. The Morgan fingerprint density at radius 1 is 1.40 bits per heavy atom. The standard InChI is InChI=1S/C15H15N3OS/c1-2-17-15(19)12-4-3-5-13(7-12)18-9-14-6-11(8-16)10-20-14/h3-7,10,18H,2,9H2,1H3,(H,17,19). The SMILES string of the molecule is CCNC(=O)c1cccc(NCc2cc(C#N)cs2)c1. The van der Waals surface area contributed by atoms with Crippen molar-refractivity contribution in [2.45, 2.75) is 13.5 Å². The molecule has 20 heavy (non-hydrogen) atoms. The van der Waals surface area contributed by atoms with Crippen LogP contribution in [0.1, 0.15) is 27.7 Å². The largest absolute Gasteiger partial charge is 0.380 e. The molecule has 0 fully saturated rings. The lowest BCUT2D eigenvalue weighted by Gasteiger charge is -2.07. The molecule has 1 amide bonds. The summed E-state index contributed by atoms with van der Waals surface area (Å²) in [6.45, 7) is 3.15. The first-order valence-electron chi connectivity index (χ1n) is 6.32. The van der Waals surface area contributed by atoms with Crippen LogP contribution in [0.15, 0.2) is 35.7 Å².